The first-order valence-corrected chi connectivity index (χ1v) is 11.5. The summed E-state index contributed by atoms with van der Waals surface area (Å²) in [5.41, 5.74) is -0.224. The average Bonchev–Trinajstić information content (AvgIpc) is 2.74. The van der Waals surface area contributed by atoms with E-state index in [-0.39, 0.29) is 18.1 Å². The Morgan fingerprint density at radius 1 is 1.23 bits per heavy atom. The fourth-order valence-corrected chi connectivity index (χ4v) is 4.99. The molecule has 2 aromatic heterocycles. The first-order chi connectivity index (χ1) is 16.6. The Kier molecular flexibility index (Phi) is 5.73. The predicted octanol–water partition coefficient (Wildman–Crippen LogP) is 3.55. The number of nitrogens with zero attached hydrogens (tertiary/aromatic N) is 4. The fourth-order valence-electron chi connectivity index (χ4n) is 4.99. The highest BCUT2D eigenvalue weighted by molar-refractivity contribution is 6.04. The van der Waals surface area contributed by atoms with Crippen LogP contribution in [0.5, 0.6) is 5.75 Å². The third-order valence-electron chi connectivity index (χ3n) is 7.15. The van der Waals surface area contributed by atoms with Crippen LogP contribution in [-0.4, -0.2) is 58.8 Å². The number of aromatic nitrogens is 3. The summed E-state index contributed by atoms with van der Waals surface area (Å²) in [4.78, 5) is 27.4. The van der Waals surface area contributed by atoms with Crippen molar-refractivity contribution < 1.29 is 27.4 Å². The van der Waals surface area contributed by atoms with E-state index >= 15 is 0 Å². The maximum absolute atomic E-state index is 12.9. The van der Waals surface area contributed by atoms with Crippen molar-refractivity contribution in [1.29, 1.82) is 0 Å². The number of carbonyl (C=O) groups excluding carboxylic acids is 1. The molecule has 0 radical (unpaired) electrons. The van der Waals surface area contributed by atoms with Gasteiger partial charge in [-0.25, -0.2) is 9.97 Å². The molecular formula is C23H27F3N6O3. The maximum atomic E-state index is 12.9. The van der Waals surface area contributed by atoms with Gasteiger partial charge in [0.2, 0.25) is 11.9 Å². The van der Waals surface area contributed by atoms with E-state index in [0.717, 1.165) is 31.5 Å². The van der Waals surface area contributed by atoms with Crippen molar-refractivity contribution in [2.24, 2.45) is 0 Å². The van der Waals surface area contributed by atoms with Crippen LogP contribution in [0.1, 0.15) is 43.5 Å². The molecule has 9 nitrogen and oxygen atoms in total. The number of hydrogen-bond donors (Lipinski definition) is 2. The van der Waals surface area contributed by atoms with E-state index in [2.05, 4.69) is 25.6 Å². The van der Waals surface area contributed by atoms with Gasteiger partial charge < -0.3 is 25.0 Å². The summed E-state index contributed by atoms with van der Waals surface area (Å²) < 4.78 is 49.5. The number of carbonyl (C=O) groups is 1. The summed E-state index contributed by atoms with van der Waals surface area (Å²) in [5, 5.41) is 6.27. The number of ether oxygens (including phenoxy) is 2. The summed E-state index contributed by atoms with van der Waals surface area (Å²) >= 11 is 0. The molecule has 2 aromatic rings. The summed E-state index contributed by atoms with van der Waals surface area (Å²) in [6.45, 7) is 1.82. The largest absolute Gasteiger partial charge is 0.489 e. The van der Waals surface area contributed by atoms with Crippen molar-refractivity contribution in [1.82, 2.24) is 15.0 Å². The minimum atomic E-state index is -4.48. The van der Waals surface area contributed by atoms with E-state index in [0.29, 0.717) is 41.7 Å². The van der Waals surface area contributed by atoms with E-state index in [1.165, 1.54) is 6.07 Å². The highest BCUT2D eigenvalue weighted by Gasteiger charge is 2.52. The van der Waals surface area contributed by atoms with Crippen molar-refractivity contribution >= 4 is 23.4 Å². The van der Waals surface area contributed by atoms with Gasteiger partial charge in [0.25, 0.3) is 0 Å². The number of nitrogens with one attached hydrogen (secondary N) is 2. The van der Waals surface area contributed by atoms with Gasteiger partial charge in [0.15, 0.2) is 5.82 Å². The predicted molar refractivity (Wildman–Crippen MR) is 121 cm³/mol. The van der Waals surface area contributed by atoms with Gasteiger partial charge in [-0.15, -0.1) is 0 Å². The minimum absolute atomic E-state index is 0.0519. The lowest BCUT2D eigenvalue weighted by Crippen LogP contribution is -2.64. The van der Waals surface area contributed by atoms with Gasteiger partial charge in [0, 0.05) is 33.0 Å². The second-order valence-corrected chi connectivity index (χ2v) is 9.39. The zero-order valence-electron chi connectivity index (χ0n) is 19.6. The molecule has 1 aliphatic heterocycles. The van der Waals surface area contributed by atoms with Crippen molar-refractivity contribution in [2.45, 2.75) is 69.0 Å². The molecule has 1 atom stereocenters. The van der Waals surface area contributed by atoms with E-state index in [1.807, 2.05) is 18.9 Å². The lowest BCUT2D eigenvalue weighted by Gasteiger charge is -2.50. The molecule has 2 saturated carbocycles. The highest BCUT2D eigenvalue weighted by Crippen LogP contribution is 2.44. The van der Waals surface area contributed by atoms with Crippen molar-refractivity contribution in [3.05, 3.63) is 29.7 Å². The lowest BCUT2D eigenvalue weighted by atomic mass is 9.73. The zero-order chi connectivity index (χ0) is 25.0. The molecule has 5 rings (SSSR count). The van der Waals surface area contributed by atoms with E-state index in [4.69, 9.17) is 9.47 Å². The van der Waals surface area contributed by atoms with E-state index in [9.17, 15) is 18.0 Å². The Balaban J connectivity index is 1.23. The number of anilines is 3. The monoisotopic (exact) mass is 492 g/mol. The number of methoxy groups -OCH3 is 1. The van der Waals surface area contributed by atoms with Crippen molar-refractivity contribution in [3.63, 3.8) is 0 Å². The van der Waals surface area contributed by atoms with E-state index < -0.39 is 23.5 Å². The molecule has 0 saturated heterocycles. The van der Waals surface area contributed by atoms with Crippen LogP contribution in [0.4, 0.5) is 30.6 Å². The molecule has 188 valence electrons. The molecule has 0 spiro atoms. The quantitative estimate of drug-likeness (QED) is 0.632. The van der Waals surface area contributed by atoms with Gasteiger partial charge in [-0.05, 0) is 38.3 Å². The second kappa shape index (κ2) is 8.51. The molecule has 2 N–H and O–H groups in total. The smallest absolute Gasteiger partial charge is 0.433 e. The molecule has 1 amide bonds. The van der Waals surface area contributed by atoms with Gasteiger partial charge >= 0.3 is 6.18 Å². The number of amides is 1. The normalized spacial score (nSPS) is 25.1. The van der Waals surface area contributed by atoms with Gasteiger partial charge in [-0.1, -0.05) is 0 Å². The fraction of sp³-hybridized carbons (Fsp3) is 0.565. The third-order valence-corrected chi connectivity index (χ3v) is 7.15. The Bertz CT molecular complexity index is 1110. The molecule has 3 aliphatic rings. The van der Waals surface area contributed by atoms with Gasteiger partial charge in [-0.2, -0.15) is 18.2 Å². The van der Waals surface area contributed by atoms with Crippen LogP contribution in [0.15, 0.2) is 18.3 Å². The minimum Gasteiger partial charge on any atom is -0.489 e. The molecule has 12 heteroatoms. The number of halogens is 3. The lowest BCUT2D eigenvalue weighted by molar-refractivity contribution is -0.141. The van der Waals surface area contributed by atoms with Crippen LogP contribution in [0.2, 0.25) is 0 Å². The molecule has 0 unspecified atom stereocenters. The number of rotatable bonds is 6. The highest BCUT2D eigenvalue weighted by atomic mass is 19.4. The van der Waals surface area contributed by atoms with Crippen LogP contribution < -0.4 is 20.3 Å². The summed E-state index contributed by atoms with van der Waals surface area (Å²) in [6, 6.07) is 1.76. The number of hydrogen-bond acceptors (Lipinski definition) is 8. The summed E-state index contributed by atoms with van der Waals surface area (Å²) in [7, 11) is 3.49. The molecule has 3 heterocycles. The maximum Gasteiger partial charge on any atom is 0.433 e. The van der Waals surface area contributed by atoms with Crippen LogP contribution in [0.3, 0.4) is 0 Å². The van der Waals surface area contributed by atoms with Crippen LogP contribution in [0.25, 0.3) is 0 Å². The SMILES string of the molecule is COC1([C@H]2C(=O)Nc3c(C)nc(N[C@H]4C[C@H](Oc5ccc(C(F)(F)F)nc5)C4)nc3N2C)CCC1. The first kappa shape index (κ1) is 23.6. The zero-order valence-corrected chi connectivity index (χ0v) is 19.6. The topological polar surface area (TPSA) is 102 Å². The Morgan fingerprint density at radius 3 is 2.54 bits per heavy atom. The number of pyridine rings is 1. The Hall–Kier alpha value is -3.15. The first-order valence-electron chi connectivity index (χ1n) is 11.5. The molecule has 2 aliphatic carbocycles. The number of alkyl halides is 3. The van der Waals surface area contributed by atoms with Crippen molar-refractivity contribution in [2.75, 3.05) is 29.7 Å². The van der Waals surface area contributed by atoms with Gasteiger partial charge in [-0.3, -0.25) is 4.79 Å². The number of aryl methyl sites for hydroxylation is 1. The average molecular weight is 493 g/mol. The van der Waals surface area contributed by atoms with E-state index in [1.54, 1.807) is 7.11 Å². The second-order valence-electron chi connectivity index (χ2n) is 9.39. The molecule has 2 fully saturated rings. The van der Waals surface area contributed by atoms with Gasteiger partial charge in [0.1, 0.15) is 29.3 Å². The summed E-state index contributed by atoms with van der Waals surface area (Å²) in [5.74, 6) is 1.26. The molecule has 0 aromatic carbocycles. The van der Waals surface area contributed by atoms with Crippen LogP contribution in [0, 0.1) is 6.92 Å². The standard InChI is InChI=1S/C23H27F3N6O3/c1-12-17-19(32(2)18(20(33)30-17)22(34-3)7-4-8-22)31-21(28-12)29-13-9-15(10-13)35-14-5-6-16(27-11-14)23(24,25)26/h5-6,11,13,15,18H,4,7-10H2,1-3H3,(H,30,33)(H,28,29,31)/t13-,15-,18-/m1/s1. The molecule has 35 heavy (non-hydrogen) atoms. The third kappa shape index (κ3) is 4.24. The van der Waals surface area contributed by atoms with Crippen LogP contribution >= 0.6 is 0 Å². The number of likely N-dealkylation sites (N-methyl/N-ethyl adjacent to an activating group) is 1. The Morgan fingerprint density at radius 2 is 1.97 bits per heavy atom. The number of fused-ring (bicyclic) bond motifs is 1. The van der Waals surface area contributed by atoms with Crippen molar-refractivity contribution in [3.8, 4) is 5.75 Å². The van der Waals surface area contributed by atoms with Crippen LogP contribution in [-0.2, 0) is 15.7 Å². The van der Waals surface area contributed by atoms with Gasteiger partial charge in [0.05, 0.1) is 17.5 Å². The summed E-state index contributed by atoms with van der Waals surface area (Å²) in [6.07, 6.45) is 0.399. The molecular weight excluding hydrogens is 465 g/mol. The Labute approximate surface area is 200 Å². The molecule has 0 bridgehead atoms.